The largest absolute Gasteiger partial charge is 0.390 e. The van der Waals surface area contributed by atoms with Crippen molar-refractivity contribution in [3.8, 4) is 10.6 Å². The molecule has 192 valence electrons. The molecule has 36 heavy (non-hydrogen) atoms. The molecule has 0 aromatic carbocycles. The van der Waals surface area contributed by atoms with E-state index in [1.54, 1.807) is 20.0 Å². The smallest absolute Gasteiger partial charge is 0.225 e. The van der Waals surface area contributed by atoms with Gasteiger partial charge in [0.2, 0.25) is 5.95 Å². The van der Waals surface area contributed by atoms with E-state index in [-0.39, 0.29) is 12.0 Å². The number of aliphatic hydroxyl groups excluding tert-OH is 1. The summed E-state index contributed by atoms with van der Waals surface area (Å²) in [7, 11) is 0. The summed E-state index contributed by atoms with van der Waals surface area (Å²) in [5.41, 5.74) is 0.435. The van der Waals surface area contributed by atoms with Crippen LogP contribution >= 0.6 is 11.3 Å². The molecule has 3 aromatic heterocycles. The normalized spacial score (nSPS) is 27.4. The molecule has 10 heteroatoms. The van der Waals surface area contributed by atoms with E-state index in [1.807, 2.05) is 19.9 Å². The van der Waals surface area contributed by atoms with Gasteiger partial charge in [-0.25, -0.2) is 9.97 Å². The summed E-state index contributed by atoms with van der Waals surface area (Å²) in [5, 5.41) is 40.7. The zero-order chi connectivity index (χ0) is 25.5. The van der Waals surface area contributed by atoms with Crippen LogP contribution in [0.5, 0.6) is 0 Å². The summed E-state index contributed by atoms with van der Waals surface area (Å²) < 4.78 is 1.01. The van der Waals surface area contributed by atoms with Crippen molar-refractivity contribution in [1.82, 2.24) is 19.9 Å². The Kier molecular flexibility index (Phi) is 5.36. The van der Waals surface area contributed by atoms with Crippen molar-refractivity contribution >= 4 is 33.3 Å². The zero-order valence-corrected chi connectivity index (χ0v) is 22.0. The number of aryl methyl sites for hydroxylation is 2. The van der Waals surface area contributed by atoms with Crippen LogP contribution in [0.15, 0.2) is 12.3 Å². The Labute approximate surface area is 214 Å². The molecule has 9 nitrogen and oxygen atoms in total. The number of anilines is 2. The molecule has 3 saturated carbocycles. The lowest BCUT2D eigenvalue weighted by molar-refractivity contribution is -0.0926. The summed E-state index contributed by atoms with van der Waals surface area (Å²) in [6.07, 6.45) is 6.07. The van der Waals surface area contributed by atoms with Gasteiger partial charge >= 0.3 is 0 Å². The van der Waals surface area contributed by atoms with Crippen LogP contribution in [-0.4, -0.2) is 58.2 Å². The van der Waals surface area contributed by atoms with E-state index >= 15 is 0 Å². The quantitative estimate of drug-likeness (QED) is 0.301. The molecule has 3 fully saturated rings. The number of rotatable bonds is 7. The number of pyridine rings is 1. The Hall–Kier alpha value is -2.40. The first-order chi connectivity index (χ1) is 17.0. The molecule has 5 N–H and O–H groups in total. The Morgan fingerprint density at radius 2 is 1.78 bits per heavy atom. The van der Waals surface area contributed by atoms with Gasteiger partial charge in [0.1, 0.15) is 22.4 Å². The summed E-state index contributed by atoms with van der Waals surface area (Å²) in [6, 6.07) is 1.94. The van der Waals surface area contributed by atoms with Crippen LogP contribution in [0.25, 0.3) is 20.8 Å². The molecular formula is C26H34N6O3S. The molecule has 3 atom stereocenters. The maximum atomic E-state index is 11.5. The molecule has 0 radical (unpaired) electrons. The first-order valence-electron chi connectivity index (χ1n) is 12.8. The second-order valence-corrected chi connectivity index (χ2v) is 12.5. The number of nitrogens with one attached hydrogen (secondary N) is 2. The second kappa shape index (κ2) is 8.05. The number of aromatic nitrogens is 4. The molecule has 3 heterocycles. The van der Waals surface area contributed by atoms with Crippen LogP contribution in [0.1, 0.15) is 63.8 Å². The van der Waals surface area contributed by atoms with Crippen LogP contribution in [0, 0.1) is 25.7 Å². The SMILES string of the molecule is Cc1nc(NC2(C3CC3)CC2)nc(NC2(O)CCC(C(C)(C)O)C2O)c1-c1nc2c(C)nccc2s1. The molecule has 3 aromatic rings. The Morgan fingerprint density at radius 1 is 1.03 bits per heavy atom. The lowest BCUT2D eigenvalue weighted by atomic mass is 9.87. The number of hydrogen-bond acceptors (Lipinski definition) is 10. The molecule has 3 aliphatic rings. The van der Waals surface area contributed by atoms with Crippen LogP contribution < -0.4 is 10.6 Å². The minimum Gasteiger partial charge on any atom is -0.390 e. The topological polar surface area (TPSA) is 136 Å². The van der Waals surface area contributed by atoms with Crippen LogP contribution in [0.4, 0.5) is 11.8 Å². The van der Waals surface area contributed by atoms with E-state index in [1.165, 1.54) is 24.2 Å². The fraction of sp³-hybridized carbons (Fsp3) is 0.615. The maximum absolute atomic E-state index is 11.5. The van der Waals surface area contributed by atoms with Crippen molar-refractivity contribution < 1.29 is 15.3 Å². The van der Waals surface area contributed by atoms with E-state index in [2.05, 4.69) is 15.6 Å². The van der Waals surface area contributed by atoms with Crippen molar-refractivity contribution in [3.05, 3.63) is 23.7 Å². The third-order valence-corrected chi connectivity index (χ3v) is 9.29. The predicted octanol–water partition coefficient (Wildman–Crippen LogP) is 3.76. The molecule has 3 unspecified atom stereocenters. The molecule has 0 saturated heterocycles. The molecule has 0 amide bonds. The van der Waals surface area contributed by atoms with Gasteiger partial charge in [0.15, 0.2) is 5.72 Å². The third kappa shape index (κ3) is 4.04. The Bertz CT molecular complexity index is 1330. The highest BCUT2D eigenvalue weighted by molar-refractivity contribution is 7.21. The van der Waals surface area contributed by atoms with Gasteiger partial charge in [-0.3, -0.25) is 4.98 Å². The summed E-state index contributed by atoms with van der Waals surface area (Å²) in [6.45, 7) is 7.19. The van der Waals surface area contributed by atoms with E-state index in [0.717, 1.165) is 39.5 Å². The van der Waals surface area contributed by atoms with Crippen molar-refractivity contribution in [1.29, 1.82) is 0 Å². The number of nitrogens with zero attached hydrogens (tertiary/aromatic N) is 4. The highest BCUT2D eigenvalue weighted by Gasteiger charge is 2.55. The van der Waals surface area contributed by atoms with Gasteiger partial charge in [0, 0.05) is 17.7 Å². The predicted molar refractivity (Wildman–Crippen MR) is 140 cm³/mol. The van der Waals surface area contributed by atoms with Crippen LogP contribution in [0.3, 0.4) is 0 Å². The average molecular weight is 511 g/mol. The van der Waals surface area contributed by atoms with Crippen molar-refractivity contribution in [2.24, 2.45) is 11.8 Å². The van der Waals surface area contributed by atoms with E-state index in [4.69, 9.17) is 15.0 Å². The van der Waals surface area contributed by atoms with Crippen molar-refractivity contribution in [2.75, 3.05) is 10.6 Å². The maximum Gasteiger partial charge on any atom is 0.225 e. The minimum absolute atomic E-state index is 0.0830. The third-order valence-electron chi connectivity index (χ3n) is 8.25. The lowest BCUT2D eigenvalue weighted by Gasteiger charge is -2.35. The number of hydrogen-bond donors (Lipinski definition) is 5. The molecule has 3 aliphatic carbocycles. The molecular weight excluding hydrogens is 476 g/mol. The highest BCUT2D eigenvalue weighted by atomic mass is 32.1. The van der Waals surface area contributed by atoms with E-state index in [0.29, 0.717) is 29.7 Å². The van der Waals surface area contributed by atoms with Gasteiger partial charge < -0.3 is 26.0 Å². The van der Waals surface area contributed by atoms with Gasteiger partial charge in [0.05, 0.1) is 27.3 Å². The monoisotopic (exact) mass is 510 g/mol. The van der Waals surface area contributed by atoms with Crippen LogP contribution in [0.2, 0.25) is 0 Å². The van der Waals surface area contributed by atoms with Gasteiger partial charge in [-0.05, 0) is 78.2 Å². The fourth-order valence-corrected chi connectivity index (χ4v) is 6.90. The van der Waals surface area contributed by atoms with Gasteiger partial charge in [-0.15, -0.1) is 11.3 Å². The second-order valence-electron chi connectivity index (χ2n) is 11.5. The van der Waals surface area contributed by atoms with Crippen LogP contribution in [-0.2, 0) is 0 Å². The molecule has 0 bridgehead atoms. The average Bonchev–Trinajstić information content (AvgIpc) is 3.70. The standard InChI is InChI=1S/C26H34N6O3S/c1-13-18(22-29-19-14(2)27-12-8-17(19)36-22)21(30-23(28-13)32-25(10-11-25)15-5-6-15)31-26(35)9-7-16(20(26)33)24(3,4)34/h8,12,15-16,20,33-35H,5-7,9-11H2,1-4H3,(H2,28,30,31,32). The highest BCUT2D eigenvalue weighted by Crippen LogP contribution is 2.55. The lowest BCUT2D eigenvalue weighted by Crippen LogP contribution is -2.51. The first-order valence-corrected chi connectivity index (χ1v) is 13.6. The number of aliphatic hydroxyl groups is 3. The summed E-state index contributed by atoms with van der Waals surface area (Å²) in [5.74, 6) is 1.15. The summed E-state index contributed by atoms with van der Waals surface area (Å²) in [4.78, 5) is 18.9. The Balaban J connectivity index is 1.42. The van der Waals surface area contributed by atoms with Gasteiger partial charge in [-0.2, -0.15) is 4.98 Å². The van der Waals surface area contributed by atoms with Crippen molar-refractivity contribution in [3.63, 3.8) is 0 Å². The van der Waals surface area contributed by atoms with E-state index in [9.17, 15) is 15.3 Å². The zero-order valence-electron chi connectivity index (χ0n) is 21.2. The summed E-state index contributed by atoms with van der Waals surface area (Å²) >= 11 is 1.53. The number of thiazole rings is 1. The van der Waals surface area contributed by atoms with Gasteiger partial charge in [-0.1, -0.05) is 0 Å². The molecule has 0 aliphatic heterocycles. The minimum atomic E-state index is -1.64. The molecule has 6 rings (SSSR count). The van der Waals surface area contributed by atoms with E-state index < -0.39 is 23.3 Å². The molecule has 0 spiro atoms. The first kappa shape index (κ1) is 24.0. The van der Waals surface area contributed by atoms with Gasteiger partial charge in [0.25, 0.3) is 0 Å². The van der Waals surface area contributed by atoms with Crippen molar-refractivity contribution in [2.45, 2.75) is 89.2 Å². The number of fused-ring (bicyclic) bond motifs is 1. The Morgan fingerprint density at radius 3 is 2.39 bits per heavy atom. The fourth-order valence-electron chi connectivity index (χ4n) is 5.79.